The number of benzene rings is 2. The lowest BCUT2D eigenvalue weighted by atomic mass is 10.2. The molecule has 9 nitrogen and oxygen atoms in total. The molecule has 0 aromatic heterocycles. The number of fused-ring (bicyclic) bond motifs is 1. The predicted molar refractivity (Wildman–Crippen MR) is 117 cm³/mol. The minimum atomic E-state index is -3.92. The first-order valence-corrected chi connectivity index (χ1v) is 11.8. The molecule has 1 saturated heterocycles. The van der Waals surface area contributed by atoms with Crippen LogP contribution in [0.4, 0.5) is 5.69 Å². The molecule has 0 spiro atoms. The average molecular weight is 480 g/mol. The van der Waals surface area contributed by atoms with Gasteiger partial charge in [-0.25, -0.2) is 8.42 Å². The summed E-state index contributed by atoms with van der Waals surface area (Å²) < 4.78 is 38.7. The second-order valence-electron chi connectivity index (χ2n) is 7.41. The van der Waals surface area contributed by atoms with Crippen molar-refractivity contribution in [1.29, 1.82) is 0 Å². The van der Waals surface area contributed by atoms with Crippen LogP contribution in [-0.4, -0.2) is 68.3 Å². The second-order valence-corrected chi connectivity index (χ2v) is 9.73. The molecule has 1 atom stereocenters. The van der Waals surface area contributed by atoms with Crippen LogP contribution in [0.1, 0.15) is 6.92 Å². The average Bonchev–Trinajstić information content (AvgIpc) is 2.79. The van der Waals surface area contributed by atoms with Crippen molar-refractivity contribution in [3.63, 3.8) is 0 Å². The molecular weight excluding hydrogens is 458 g/mol. The molecule has 0 radical (unpaired) electrons. The van der Waals surface area contributed by atoms with Crippen molar-refractivity contribution in [2.75, 3.05) is 38.1 Å². The quantitative estimate of drug-likeness (QED) is 0.703. The number of ether oxygens (including phenoxy) is 2. The van der Waals surface area contributed by atoms with E-state index in [1.54, 1.807) is 24.0 Å². The van der Waals surface area contributed by atoms with Gasteiger partial charge in [0.15, 0.2) is 12.7 Å². The molecule has 0 saturated carbocycles. The minimum absolute atomic E-state index is 0.0167. The number of amides is 2. The van der Waals surface area contributed by atoms with Gasteiger partial charge in [-0.1, -0.05) is 29.8 Å². The van der Waals surface area contributed by atoms with Gasteiger partial charge >= 0.3 is 0 Å². The van der Waals surface area contributed by atoms with Crippen LogP contribution in [-0.2, 0) is 19.6 Å². The van der Waals surface area contributed by atoms with E-state index in [9.17, 15) is 18.0 Å². The number of nitrogens with zero attached hydrogens (tertiary/aromatic N) is 2. The van der Waals surface area contributed by atoms with Crippen LogP contribution in [0.25, 0.3) is 0 Å². The van der Waals surface area contributed by atoms with Gasteiger partial charge in [0.2, 0.25) is 10.0 Å². The fourth-order valence-corrected chi connectivity index (χ4v) is 5.42. The molecule has 170 valence electrons. The summed E-state index contributed by atoms with van der Waals surface area (Å²) in [5.41, 5.74) is 0.325. The van der Waals surface area contributed by atoms with E-state index < -0.39 is 16.1 Å². The van der Waals surface area contributed by atoms with Gasteiger partial charge < -0.3 is 19.7 Å². The third-order valence-corrected chi connectivity index (χ3v) is 7.64. The van der Waals surface area contributed by atoms with Crippen molar-refractivity contribution in [2.24, 2.45) is 0 Å². The smallest absolute Gasteiger partial charge is 0.265 e. The maximum Gasteiger partial charge on any atom is 0.265 e. The van der Waals surface area contributed by atoms with Crippen LogP contribution < -0.4 is 14.8 Å². The third-order valence-electron chi connectivity index (χ3n) is 5.28. The molecule has 0 unspecified atom stereocenters. The van der Waals surface area contributed by atoms with Gasteiger partial charge in [-0.3, -0.25) is 9.59 Å². The molecule has 1 N–H and O–H groups in total. The van der Waals surface area contributed by atoms with Gasteiger partial charge in [0.25, 0.3) is 11.8 Å². The van der Waals surface area contributed by atoms with E-state index in [1.807, 2.05) is 18.2 Å². The van der Waals surface area contributed by atoms with E-state index >= 15 is 0 Å². The normalized spacial score (nSPS) is 19.0. The Balaban J connectivity index is 1.41. The number of nitrogens with one attached hydrogen (secondary N) is 1. The van der Waals surface area contributed by atoms with Gasteiger partial charge in [-0.15, -0.1) is 0 Å². The Morgan fingerprint density at radius 1 is 1.19 bits per heavy atom. The molecule has 2 aromatic rings. The highest BCUT2D eigenvalue weighted by Crippen LogP contribution is 2.38. The molecule has 2 aliphatic heterocycles. The SMILES string of the molecule is C[C@H]1Oc2cc(S(=O)(=O)N3CCN(C(=O)COc4ccccc4)CC3)c(Cl)cc2NC1=O. The number of hydrogen-bond donors (Lipinski definition) is 1. The number of para-hydroxylation sites is 1. The van der Waals surface area contributed by atoms with Crippen molar-refractivity contribution in [1.82, 2.24) is 9.21 Å². The third kappa shape index (κ3) is 4.52. The van der Waals surface area contributed by atoms with Gasteiger partial charge in [0.1, 0.15) is 16.4 Å². The van der Waals surface area contributed by atoms with Crippen molar-refractivity contribution in [2.45, 2.75) is 17.9 Å². The number of sulfonamides is 1. The van der Waals surface area contributed by atoms with Crippen LogP contribution in [0.2, 0.25) is 5.02 Å². The summed E-state index contributed by atoms with van der Waals surface area (Å²) in [6.07, 6.45) is -0.744. The molecule has 0 aliphatic carbocycles. The standard InChI is InChI=1S/C21H22ClN3O6S/c1-14-21(27)23-17-11-16(22)19(12-18(17)31-14)32(28,29)25-9-7-24(8-10-25)20(26)13-30-15-5-3-2-4-6-15/h2-6,11-12,14H,7-10,13H2,1H3,(H,23,27)/t14-/m1/s1. The number of piperazine rings is 1. The molecule has 4 rings (SSSR count). The van der Waals surface area contributed by atoms with Crippen LogP contribution in [0.15, 0.2) is 47.4 Å². The van der Waals surface area contributed by atoms with Crippen LogP contribution in [0, 0.1) is 0 Å². The Morgan fingerprint density at radius 3 is 2.56 bits per heavy atom. The van der Waals surface area contributed by atoms with Crippen molar-refractivity contribution in [3.05, 3.63) is 47.5 Å². The van der Waals surface area contributed by atoms with Crippen molar-refractivity contribution in [3.8, 4) is 11.5 Å². The summed E-state index contributed by atoms with van der Waals surface area (Å²) in [4.78, 5) is 25.7. The molecule has 2 amide bonds. The number of halogens is 1. The Bertz CT molecular complexity index is 1130. The Kier molecular flexibility index (Phi) is 6.27. The summed E-state index contributed by atoms with van der Waals surface area (Å²) in [6.45, 7) is 2.18. The van der Waals surface area contributed by atoms with E-state index in [-0.39, 0.29) is 60.3 Å². The highest BCUT2D eigenvalue weighted by molar-refractivity contribution is 7.89. The molecule has 2 aromatic carbocycles. The zero-order valence-electron chi connectivity index (χ0n) is 17.3. The molecule has 32 heavy (non-hydrogen) atoms. The number of carbonyl (C=O) groups excluding carboxylic acids is 2. The molecule has 11 heteroatoms. The van der Waals surface area contributed by atoms with Gasteiger partial charge in [-0.2, -0.15) is 4.31 Å². The van der Waals surface area contributed by atoms with Gasteiger partial charge in [-0.05, 0) is 25.1 Å². The maximum absolute atomic E-state index is 13.2. The molecule has 0 bridgehead atoms. The monoisotopic (exact) mass is 479 g/mol. The number of hydrogen-bond acceptors (Lipinski definition) is 6. The summed E-state index contributed by atoms with van der Waals surface area (Å²) in [6, 6.07) is 11.7. The van der Waals surface area contributed by atoms with E-state index in [4.69, 9.17) is 21.1 Å². The van der Waals surface area contributed by atoms with Crippen LogP contribution in [0.3, 0.4) is 0 Å². The topological polar surface area (TPSA) is 105 Å². The highest BCUT2D eigenvalue weighted by Gasteiger charge is 2.34. The molecule has 2 heterocycles. The van der Waals surface area contributed by atoms with Crippen molar-refractivity contribution >= 4 is 39.1 Å². The minimum Gasteiger partial charge on any atom is -0.484 e. The summed E-state index contributed by atoms with van der Waals surface area (Å²) in [5, 5.41) is 2.62. The number of rotatable bonds is 5. The number of anilines is 1. The van der Waals surface area contributed by atoms with Gasteiger partial charge in [0.05, 0.1) is 10.7 Å². The zero-order chi connectivity index (χ0) is 22.9. The fourth-order valence-electron chi connectivity index (χ4n) is 3.48. The second kappa shape index (κ2) is 8.97. The Hall–Kier alpha value is -2.82. The van der Waals surface area contributed by atoms with Crippen molar-refractivity contribution < 1.29 is 27.5 Å². The first-order valence-electron chi connectivity index (χ1n) is 10.0. The Labute approximate surface area is 190 Å². The fraction of sp³-hybridized carbons (Fsp3) is 0.333. The first kappa shape index (κ1) is 22.4. The van der Waals surface area contributed by atoms with E-state index in [1.165, 1.54) is 16.4 Å². The first-order chi connectivity index (χ1) is 15.3. The van der Waals surface area contributed by atoms with Crippen LogP contribution in [0.5, 0.6) is 11.5 Å². The molecule has 1 fully saturated rings. The number of carbonyl (C=O) groups is 2. The lowest BCUT2D eigenvalue weighted by molar-refractivity contribution is -0.134. The zero-order valence-corrected chi connectivity index (χ0v) is 18.9. The lowest BCUT2D eigenvalue weighted by Crippen LogP contribution is -2.51. The van der Waals surface area contributed by atoms with Crippen LogP contribution >= 0.6 is 11.6 Å². The Morgan fingerprint density at radius 2 is 1.88 bits per heavy atom. The molecule has 2 aliphatic rings. The summed E-state index contributed by atoms with van der Waals surface area (Å²) in [5.74, 6) is 0.292. The predicted octanol–water partition coefficient (Wildman–Crippen LogP) is 1.97. The van der Waals surface area contributed by atoms with E-state index in [0.717, 1.165) is 0 Å². The van der Waals surface area contributed by atoms with E-state index in [2.05, 4.69) is 5.32 Å². The highest BCUT2D eigenvalue weighted by atomic mass is 35.5. The molecular formula is C21H22ClN3O6S. The van der Waals surface area contributed by atoms with Gasteiger partial charge in [0, 0.05) is 32.2 Å². The lowest BCUT2D eigenvalue weighted by Gasteiger charge is -2.34. The summed E-state index contributed by atoms with van der Waals surface area (Å²) >= 11 is 6.23. The largest absolute Gasteiger partial charge is 0.484 e. The van der Waals surface area contributed by atoms with E-state index in [0.29, 0.717) is 11.4 Å². The maximum atomic E-state index is 13.2. The summed E-state index contributed by atoms with van der Waals surface area (Å²) in [7, 11) is -3.92.